The second kappa shape index (κ2) is 15.9. The zero-order valence-electron chi connectivity index (χ0n) is 26.2. The first-order chi connectivity index (χ1) is 21.9. The largest absolute Gasteiger partial charge is 0.476 e. The highest BCUT2D eigenvalue weighted by atomic mass is 31.2. The first-order valence-corrected chi connectivity index (χ1v) is 16.7. The molecule has 1 aliphatic carbocycles. The van der Waals surface area contributed by atoms with Gasteiger partial charge in [0.2, 0.25) is 11.8 Å². The zero-order chi connectivity index (χ0) is 33.4. The van der Waals surface area contributed by atoms with Crippen LogP contribution in [0.4, 0.5) is 14.7 Å². The number of anilines is 1. The standard InChI is InChI=1S/C29H41F2N6O8P/c1-5-41-27-25-26(34-29(32)35-27)37(16-33-25)24(14-38)44-23(18(3)30)15-42-46(40,45-21-11-12-22(31)17(2)13-21)36-19(4)28(39)43-20-9-7-6-8-10-20/h11-13,16,18-20,23-24,38H,5-10,14-15H2,1-4H3,(H,36,40)(H2,32,34,35)/t18-,19?,23+,24?,46?/m0/s1. The number of aryl methyl sites for hydroxylation is 1. The Labute approximate surface area is 265 Å². The van der Waals surface area contributed by atoms with Crippen LogP contribution in [0.5, 0.6) is 11.6 Å². The topological polar surface area (TPSA) is 182 Å². The number of aliphatic hydroxyl groups is 1. The molecule has 14 nitrogen and oxygen atoms in total. The molecule has 3 unspecified atom stereocenters. The Morgan fingerprint density at radius 3 is 2.63 bits per heavy atom. The lowest BCUT2D eigenvalue weighted by Gasteiger charge is -2.29. The van der Waals surface area contributed by atoms with Gasteiger partial charge in [0.15, 0.2) is 17.4 Å². The number of rotatable bonds is 16. The molecule has 0 radical (unpaired) electrons. The van der Waals surface area contributed by atoms with Crippen LogP contribution in [0.3, 0.4) is 0 Å². The highest BCUT2D eigenvalue weighted by molar-refractivity contribution is 7.52. The number of carbonyl (C=O) groups is 1. The fraction of sp³-hybridized carbons (Fsp3) is 0.586. The quantitative estimate of drug-likeness (QED) is 0.143. The summed E-state index contributed by atoms with van der Waals surface area (Å²) in [7, 11) is -4.46. The van der Waals surface area contributed by atoms with Crippen LogP contribution in [0, 0.1) is 12.7 Å². The minimum atomic E-state index is -4.46. The van der Waals surface area contributed by atoms with E-state index in [1.165, 1.54) is 43.8 Å². The number of esters is 1. The molecule has 46 heavy (non-hydrogen) atoms. The lowest BCUT2D eigenvalue weighted by Crippen LogP contribution is -2.39. The number of nitrogens with one attached hydrogen (secondary N) is 1. The Morgan fingerprint density at radius 1 is 1.24 bits per heavy atom. The number of imidazole rings is 1. The number of nitrogens with zero attached hydrogens (tertiary/aromatic N) is 4. The van der Waals surface area contributed by atoms with Crippen molar-refractivity contribution < 1.29 is 46.5 Å². The zero-order valence-corrected chi connectivity index (χ0v) is 27.1. The lowest BCUT2D eigenvalue weighted by molar-refractivity contribution is -0.152. The van der Waals surface area contributed by atoms with E-state index in [2.05, 4.69) is 20.0 Å². The van der Waals surface area contributed by atoms with Crippen molar-refractivity contribution in [3.63, 3.8) is 0 Å². The molecule has 1 aromatic carbocycles. The third-order valence-electron chi connectivity index (χ3n) is 7.30. The monoisotopic (exact) mass is 670 g/mol. The Bertz CT molecular complexity index is 1520. The molecule has 5 atom stereocenters. The van der Waals surface area contributed by atoms with Gasteiger partial charge in [-0.1, -0.05) is 6.42 Å². The van der Waals surface area contributed by atoms with Crippen molar-refractivity contribution >= 4 is 30.8 Å². The third kappa shape index (κ3) is 9.10. The third-order valence-corrected chi connectivity index (χ3v) is 8.95. The molecular formula is C29H41F2N6O8P. The molecule has 0 amide bonds. The van der Waals surface area contributed by atoms with Gasteiger partial charge in [-0.05, 0) is 77.1 Å². The van der Waals surface area contributed by atoms with Crippen molar-refractivity contribution in [1.29, 1.82) is 0 Å². The molecule has 2 heterocycles. The van der Waals surface area contributed by atoms with Crippen LogP contribution in [-0.4, -0.2) is 74.8 Å². The number of nitrogen functional groups attached to an aromatic ring is 1. The summed E-state index contributed by atoms with van der Waals surface area (Å²) in [5, 5.41) is 12.8. The molecular weight excluding hydrogens is 629 g/mol. The second-order valence-corrected chi connectivity index (χ2v) is 12.7. The molecule has 4 rings (SSSR count). The lowest BCUT2D eigenvalue weighted by atomic mass is 9.98. The van der Waals surface area contributed by atoms with Crippen molar-refractivity contribution in [2.45, 2.75) is 90.4 Å². The minimum absolute atomic E-state index is 0.0196. The summed E-state index contributed by atoms with van der Waals surface area (Å²) in [5.74, 6) is -1.20. The molecule has 254 valence electrons. The number of fused-ring (bicyclic) bond motifs is 1. The van der Waals surface area contributed by atoms with Crippen molar-refractivity contribution in [3.05, 3.63) is 35.9 Å². The Balaban J connectivity index is 1.53. The Hall–Kier alpha value is -3.43. The van der Waals surface area contributed by atoms with Gasteiger partial charge in [-0.15, -0.1) is 0 Å². The van der Waals surface area contributed by atoms with E-state index in [9.17, 15) is 23.2 Å². The van der Waals surface area contributed by atoms with E-state index in [4.69, 9.17) is 29.0 Å². The number of hydrogen-bond acceptors (Lipinski definition) is 12. The summed E-state index contributed by atoms with van der Waals surface area (Å²) in [5.41, 5.74) is 6.44. The highest BCUT2D eigenvalue weighted by Crippen LogP contribution is 2.46. The number of hydrogen-bond donors (Lipinski definition) is 3. The summed E-state index contributed by atoms with van der Waals surface area (Å²) >= 11 is 0. The number of carbonyl (C=O) groups excluding carboxylic acids is 1. The van der Waals surface area contributed by atoms with Crippen LogP contribution in [0.15, 0.2) is 24.5 Å². The van der Waals surface area contributed by atoms with Crippen molar-refractivity contribution in [2.24, 2.45) is 0 Å². The van der Waals surface area contributed by atoms with Gasteiger partial charge in [-0.25, -0.2) is 18.3 Å². The number of alkyl halides is 1. The van der Waals surface area contributed by atoms with E-state index in [0.717, 1.165) is 38.2 Å². The minimum Gasteiger partial charge on any atom is -0.476 e. The number of halogens is 2. The molecule has 4 N–H and O–H groups in total. The summed E-state index contributed by atoms with van der Waals surface area (Å²) in [4.78, 5) is 25.3. The van der Waals surface area contributed by atoms with E-state index in [1.807, 2.05) is 0 Å². The Morgan fingerprint density at radius 2 is 1.98 bits per heavy atom. The summed E-state index contributed by atoms with van der Waals surface area (Å²) in [6, 6.07) is 2.52. The van der Waals surface area contributed by atoms with Crippen LogP contribution >= 0.6 is 7.75 Å². The number of aliphatic hydroxyl groups excluding tert-OH is 1. The average Bonchev–Trinajstić information content (AvgIpc) is 3.43. The van der Waals surface area contributed by atoms with E-state index in [1.54, 1.807) is 6.92 Å². The second-order valence-electron chi connectivity index (χ2n) is 11.0. The van der Waals surface area contributed by atoms with E-state index in [0.29, 0.717) is 0 Å². The normalized spacial score (nSPS) is 18.0. The van der Waals surface area contributed by atoms with Gasteiger partial charge >= 0.3 is 13.7 Å². The predicted molar refractivity (Wildman–Crippen MR) is 163 cm³/mol. The van der Waals surface area contributed by atoms with Gasteiger partial charge in [-0.2, -0.15) is 15.1 Å². The number of benzene rings is 1. The first kappa shape index (κ1) is 35.4. The molecule has 2 aromatic heterocycles. The summed E-state index contributed by atoms with van der Waals surface area (Å²) in [6.07, 6.45) is 1.09. The van der Waals surface area contributed by atoms with E-state index >= 15 is 0 Å². The van der Waals surface area contributed by atoms with Gasteiger partial charge in [-0.3, -0.25) is 13.9 Å². The van der Waals surface area contributed by atoms with Gasteiger partial charge in [0, 0.05) is 0 Å². The summed E-state index contributed by atoms with van der Waals surface area (Å²) < 4.78 is 72.5. The van der Waals surface area contributed by atoms with E-state index in [-0.39, 0.29) is 47.0 Å². The van der Waals surface area contributed by atoms with Crippen LogP contribution < -0.4 is 20.1 Å². The van der Waals surface area contributed by atoms with Crippen LogP contribution in [0.1, 0.15) is 64.7 Å². The molecule has 0 aliphatic heterocycles. The fourth-order valence-electron chi connectivity index (χ4n) is 4.85. The van der Waals surface area contributed by atoms with Crippen LogP contribution in [0.25, 0.3) is 11.2 Å². The van der Waals surface area contributed by atoms with Gasteiger partial charge < -0.3 is 29.6 Å². The molecule has 3 aromatic rings. The highest BCUT2D eigenvalue weighted by Gasteiger charge is 2.36. The van der Waals surface area contributed by atoms with E-state index < -0.39 is 57.3 Å². The SMILES string of the molecule is CCOc1nc(N)nc2c1ncn2C(CO)O[C@H](COP(=O)(NC(C)C(=O)OC1CCCCC1)Oc1ccc(F)c(C)c1)[C@H](C)F. The predicted octanol–water partition coefficient (Wildman–Crippen LogP) is 4.55. The average molecular weight is 671 g/mol. The molecule has 1 aliphatic rings. The van der Waals surface area contributed by atoms with Crippen molar-refractivity contribution in [2.75, 3.05) is 25.6 Å². The fourth-order valence-corrected chi connectivity index (χ4v) is 6.34. The maximum atomic E-state index is 15.0. The van der Waals surface area contributed by atoms with Crippen molar-refractivity contribution in [3.8, 4) is 11.6 Å². The van der Waals surface area contributed by atoms with Crippen LogP contribution in [-0.2, 0) is 23.4 Å². The first-order valence-electron chi connectivity index (χ1n) is 15.1. The maximum absolute atomic E-state index is 15.0. The number of ether oxygens (including phenoxy) is 3. The molecule has 0 saturated heterocycles. The number of nitrogens with two attached hydrogens (primary N) is 1. The number of aromatic nitrogens is 4. The van der Waals surface area contributed by atoms with Gasteiger partial charge in [0.25, 0.3) is 0 Å². The van der Waals surface area contributed by atoms with Crippen molar-refractivity contribution in [1.82, 2.24) is 24.6 Å². The van der Waals surface area contributed by atoms with Crippen LogP contribution in [0.2, 0.25) is 0 Å². The molecule has 0 bridgehead atoms. The van der Waals surface area contributed by atoms with Gasteiger partial charge in [0.1, 0.15) is 36.0 Å². The molecule has 17 heteroatoms. The molecule has 1 fully saturated rings. The Kier molecular flexibility index (Phi) is 12.3. The molecule has 1 saturated carbocycles. The maximum Gasteiger partial charge on any atom is 0.459 e. The smallest absolute Gasteiger partial charge is 0.459 e. The summed E-state index contributed by atoms with van der Waals surface area (Å²) in [6.45, 7) is 4.84. The molecule has 0 spiro atoms. The van der Waals surface area contributed by atoms with Gasteiger partial charge in [0.05, 0.1) is 26.1 Å².